The van der Waals surface area contributed by atoms with E-state index in [0.29, 0.717) is 17.3 Å². The van der Waals surface area contributed by atoms with Crippen LogP contribution in [0.15, 0.2) is 40.8 Å². The first-order chi connectivity index (χ1) is 9.11. The fourth-order valence-corrected chi connectivity index (χ4v) is 1.91. The number of oxazole rings is 1. The summed E-state index contributed by atoms with van der Waals surface area (Å²) in [6.45, 7) is 1.79. The Bertz CT molecular complexity index is 752. The molecule has 0 aliphatic heterocycles. The molecule has 3 aromatic rings. The third-order valence-corrected chi connectivity index (χ3v) is 2.79. The van der Waals surface area contributed by atoms with Crippen molar-refractivity contribution in [2.24, 2.45) is 0 Å². The number of aromatic nitrogens is 1. The number of aryl methyl sites for hydroxylation is 1. The maximum atomic E-state index is 13.2. The molecule has 4 nitrogen and oxygen atoms in total. The Labute approximate surface area is 109 Å². The molecule has 0 amide bonds. The van der Waals surface area contributed by atoms with Gasteiger partial charge in [-0.2, -0.15) is 0 Å². The van der Waals surface area contributed by atoms with E-state index in [2.05, 4.69) is 10.3 Å². The maximum absolute atomic E-state index is 13.2. The molecule has 1 aromatic heterocycles. The molecule has 0 aliphatic rings. The second kappa shape index (κ2) is 4.28. The summed E-state index contributed by atoms with van der Waals surface area (Å²) in [4.78, 5) is 4.24. The smallest absolute Gasteiger partial charge is 0.192 e. The highest BCUT2D eigenvalue weighted by Gasteiger charge is 2.05. The number of rotatable bonds is 2. The monoisotopic (exact) mass is 257 g/mol. The normalized spacial score (nSPS) is 10.8. The van der Waals surface area contributed by atoms with Crippen molar-refractivity contribution in [2.75, 3.05) is 11.1 Å². The van der Waals surface area contributed by atoms with Crippen molar-refractivity contribution in [2.45, 2.75) is 6.92 Å². The lowest BCUT2D eigenvalue weighted by Gasteiger charge is -2.09. The van der Waals surface area contributed by atoms with Gasteiger partial charge in [0.15, 0.2) is 11.5 Å². The number of hydrogen-bond acceptors (Lipinski definition) is 4. The van der Waals surface area contributed by atoms with Gasteiger partial charge in [-0.15, -0.1) is 0 Å². The second-order valence-electron chi connectivity index (χ2n) is 4.27. The maximum Gasteiger partial charge on any atom is 0.192 e. The molecule has 0 radical (unpaired) electrons. The standard InChI is InChI=1S/C14H12FN3O/c1-8-17-13-7-10(3-5-14(13)19-8)18-12-6-9(15)2-4-11(12)16/h2-7,18H,16H2,1H3. The molecule has 0 spiro atoms. The van der Waals surface area contributed by atoms with Crippen LogP contribution in [0.1, 0.15) is 5.89 Å². The predicted molar refractivity (Wildman–Crippen MR) is 72.8 cm³/mol. The molecule has 0 atom stereocenters. The zero-order valence-corrected chi connectivity index (χ0v) is 10.3. The Morgan fingerprint density at radius 3 is 2.89 bits per heavy atom. The fourth-order valence-electron chi connectivity index (χ4n) is 1.91. The van der Waals surface area contributed by atoms with E-state index >= 15 is 0 Å². The van der Waals surface area contributed by atoms with Gasteiger partial charge in [0.05, 0.1) is 11.4 Å². The Morgan fingerprint density at radius 2 is 2.05 bits per heavy atom. The number of nitrogens with zero attached hydrogens (tertiary/aromatic N) is 1. The minimum atomic E-state index is -0.338. The van der Waals surface area contributed by atoms with Crippen LogP contribution in [0.2, 0.25) is 0 Å². The van der Waals surface area contributed by atoms with Gasteiger partial charge in [-0.3, -0.25) is 0 Å². The van der Waals surface area contributed by atoms with E-state index in [1.165, 1.54) is 18.2 Å². The highest BCUT2D eigenvalue weighted by atomic mass is 19.1. The van der Waals surface area contributed by atoms with Crippen LogP contribution in [0.3, 0.4) is 0 Å². The molecule has 0 unspecified atom stereocenters. The minimum Gasteiger partial charge on any atom is -0.441 e. The molecule has 19 heavy (non-hydrogen) atoms. The third-order valence-electron chi connectivity index (χ3n) is 2.79. The van der Waals surface area contributed by atoms with E-state index < -0.39 is 0 Å². The van der Waals surface area contributed by atoms with Crippen molar-refractivity contribution >= 4 is 28.2 Å². The number of benzene rings is 2. The van der Waals surface area contributed by atoms with Crippen LogP contribution in [0.4, 0.5) is 21.5 Å². The van der Waals surface area contributed by atoms with E-state index in [0.717, 1.165) is 16.8 Å². The SMILES string of the molecule is Cc1nc2cc(Nc3cc(F)ccc3N)ccc2o1. The molecule has 96 valence electrons. The van der Waals surface area contributed by atoms with Gasteiger partial charge in [0.2, 0.25) is 0 Å². The van der Waals surface area contributed by atoms with Gasteiger partial charge < -0.3 is 15.5 Å². The van der Waals surface area contributed by atoms with Gasteiger partial charge in [-0.25, -0.2) is 9.37 Å². The minimum absolute atomic E-state index is 0.338. The van der Waals surface area contributed by atoms with Crippen molar-refractivity contribution in [3.63, 3.8) is 0 Å². The molecular formula is C14H12FN3O. The largest absolute Gasteiger partial charge is 0.441 e. The zero-order chi connectivity index (χ0) is 13.4. The first-order valence-corrected chi connectivity index (χ1v) is 5.81. The summed E-state index contributed by atoms with van der Waals surface area (Å²) in [5.41, 5.74) is 9.04. The van der Waals surface area contributed by atoms with E-state index in [1.54, 1.807) is 6.92 Å². The molecule has 0 fully saturated rings. The molecule has 5 heteroatoms. The summed E-state index contributed by atoms with van der Waals surface area (Å²) in [7, 11) is 0. The number of nitrogens with two attached hydrogens (primary N) is 1. The molecule has 0 bridgehead atoms. The van der Waals surface area contributed by atoms with Gasteiger partial charge in [-0.1, -0.05) is 0 Å². The predicted octanol–water partition coefficient (Wildman–Crippen LogP) is 3.60. The zero-order valence-electron chi connectivity index (χ0n) is 10.3. The van der Waals surface area contributed by atoms with Crippen LogP contribution in [0.25, 0.3) is 11.1 Å². The van der Waals surface area contributed by atoms with Gasteiger partial charge in [0.1, 0.15) is 11.3 Å². The molecule has 0 saturated carbocycles. The summed E-state index contributed by atoms with van der Waals surface area (Å²) >= 11 is 0. The topological polar surface area (TPSA) is 64.1 Å². The first-order valence-electron chi connectivity index (χ1n) is 5.81. The lowest BCUT2D eigenvalue weighted by Crippen LogP contribution is -1.96. The number of anilines is 3. The van der Waals surface area contributed by atoms with Crippen molar-refractivity contribution in [1.82, 2.24) is 4.98 Å². The van der Waals surface area contributed by atoms with E-state index in [-0.39, 0.29) is 5.82 Å². The number of fused-ring (bicyclic) bond motifs is 1. The van der Waals surface area contributed by atoms with Crippen molar-refractivity contribution in [3.8, 4) is 0 Å². The molecule has 2 aromatic carbocycles. The van der Waals surface area contributed by atoms with Crippen molar-refractivity contribution in [1.29, 1.82) is 0 Å². The summed E-state index contributed by atoms with van der Waals surface area (Å²) < 4.78 is 18.6. The summed E-state index contributed by atoms with van der Waals surface area (Å²) in [5, 5.41) is 3.07. The number of nitrogen functional groups attached to an aromatic ring is 1. The average Bonchev–Trinajstić information content (AvgIpc) is 2.73. The van der Waals surface area contributed by atoms with Crippen LogP contribution >= 0.6 is 0 Å². The highest BCUT2D eigenvalue weighted by Crippen LogP contribution is 2.26. The molecular weight excluding hydrogens is 245 g/mol. The van der Waals surface area contributed by atoms with Gasteiger partial charge in [0.25, 0.3) is 0 Å². The van der Waals surface area contributed by atoms with E-state index in [1.807, 2.05) is 18.2 Å². The second-order valence-corrected chi connectivity index (χ2v) is 4.27. The van der Waals surface area contributed by atoms with E-state index in [9.17, 15) is 4.39 Å². The van der Waals surface area contributed by atoms with Crippen LogP contribution in [-0.4, -0.2) is 4.98 Å². The van der Waals surface area contributed by atoms with Crippen LogP contribution in [0.5, 0.6) is 0 Å². The highest BCUT2D eigenvalue weighted by molar-refractivity contribution is 5.81. The molecule has 3 N–H and O–H groups in total. The molecule has 3 rings (SSSR count). The number of nitrogens with one attached hydrogen (secondary N) is 1. The number of hydrogen-bond donors (Lipinski definition) is 2. The Morgan fingerprint density at radius 1 is 1.21 bits per heavy atom. The number of halogens is 1. The van der Waals surface area contributed by atoms with Crippen molar-refractivity contribution in [3.05, 3.63) is 48.1 Å². The lowest BCUT2D eigenvalue weighted by atomic mass is 10.2. The van der Waals surface area contributed by atoms with Gasteiger partial charge in [-0.05, 0) is 36.4 Å². The van der Waals surface area contributed by atoms with Gasteiger partial charge in [0, 0.05) is 12.6 Å². The Hall–Kier alpha value is -2.56. The van der Waals surface area contributed by atoms with Gasteiger partial charge >= 0.3 is 0 Å². The molecule has 0 saturated heterocycles. The Balaban J connectivity index is 1.98. The quantitative estimate of drug-likeness (QED) is 0.688. The Kier molecular flexibility index (Phi) is 2.59. The fraction of sp³-hybridized carbons (Fsp3) is 0.0714. The summed E-state index contributed by atoms with van der Waals surface area (Å²) in [6.07, 6.45) is 0. The van der Waals surface area contributed by atoms with Crippen LogP contribution in [0, 0.1) is 12.7 Å². The third kappa shape index (κ3) is 2.22. The molecule has 1 heterocycles. The summed E-state index contributed by atoms with van der Waals surface area (Å²) in [6, 6.07) is 9.68. The average molecular weight is 257 g/mol. The summed E-state index contributed by atoms with van der Waals surface area (Å²) in [5.74, 6) is 0.271. The van der Waals surface area contributed by atoms with Crippen LogP contribution in [-0.2, 0) is 0 Å². The van der Waals surface area contributed by atoms with E-state index in [4.69, 9.17) is 10.2 Å². The first kappa shape index (κ1) is 11.5. The lowest BCUT2D eigenvalue weighted by molar-refractivity contribution is 0.561. The molecule has 0 aliphatic carbocycles. The van der Waals surface area contributed by atoms with Crippen LogP contribution < -0.4 is 11.1 Å². The van der Waals surface area contributed by atoms with Crippen molar-refractivity contribution < 1.29 is 8.81 Å².